The molecule has 0 saturated carbocycles. The maximum absolute atomic E-state index is 14.1. The first-order valence-corrected chi connectivity index (χ1v) is 7.70. The Kier molecular flexibility index (Phi) is 4.29. The van der Waals surface area contributed by atoms with Gasteiger partial charge in [-0.2, -0.15) is 9.37 Å². The minimum atomic E-state index is -0.853. The minimum absolute atomic E-state index is 0.0137. The van der Waals surface area contributed by atoms with Crippen molar-refractivity contribution in [3.8, 4) is 17.0 Å². The smallest absolute Gasteiger partial charge is 0.224 e. The predicted octanol–water partition coefficient (Wildman–Crippen LogP) is 2.83. The Labute approximate surface area is 141 Å². The minimum Gasteiger partial charge on any atom is -0.495 e. The molecule has 3 heterocycles. The van der Waals surface area contributed by atoms with Crippen molar-refractivity contribution in [3.05, 3.63) is 36.3 Å². The number of ether oxygens (including phenoxy) is 1. The summed E-state index contributed by atoms with van der Waals surface area (Å²) in [6.45, 7) is 0. The highest BCUT2D eigenvalue weighted by atomic mass is 32.2. The van der Waals surface area contributed by atoms with Gasteiger partial charge in [0.2, 0.25) is 5.95 Å². The molecule has 0 aliphatic carbocycles. The van der Waals surface area contributed by atoms with Crippen LogP contribution in [0.25, 0.3) is 16.9 Å². The van der Waals surface area contributed by atoms with Crippen LogP contribution in [0.5, 0.6) is 5.75 Å². The van der Waals surface area contributed by atoms with Gasteiger partial charge in [0, 0.05) is 12.3 Å². The molecule has 0 aliphatic heterocycles. The summed E-state index contributed by atoms with van der Waals surface area (Å²) in [5, 5.41) is 0. The van der Waals surface area contributed by atoms with E-state index in [4.69, 9.17) is 10.5 Å². The third kappa shape index (κ3) is 2.87. The van der Waals surface area contributed by atoms with E-state index in [2.05, 4.69) is 9.97 Å². The fourth-order valence-corrected chi connectivity index (χ4v) is 3.05. The standard InChI is InChI=1S/C15H15F2N5OS/c1-21(2)24-12-7-22-10(6-19-13(22)5-11(12)23-3)8-4-9(16)15(18)20-14(8)17/h4-7H,1-3H3,(H2,18,20). The Morgan fingerprint density at radius 1 is 1.29 bits per heavy atom. The number of halogens is 2. The number of nitrogen functional groups attached to an aromatic ring is 1. The fraction of sp³-hybridized carbons (Fsp3) is 0.200. The van der Waals surface area contributed by atoms with Crippen LogP contribution in [0, 0.1) is 11.8 Å². The second-order valence-electron chi connectivity index (χ2n) is 5.18. The number of anilines is 1. The van der Waals surface area contributed by atoms with E-state index >= 15 is 0 Å². The zero-order chi connectivity index (χ0) is 17.4. The Morgan fingerprint density at radius 2 is 2.04 bits per heavy atom. The zero-order valence-electron chi connectivity index (χ0n) is 13.2. The molecule has 24 heavy (non-hydrogen) atoms. The third-order valence-corrected chi connectivity index (χ3v) is 4.18. The highest BCUT2D eigenvalue weighted by Gasteiger charge is 2.17. The monoisotopic (exact) mass is 351 g/mol. The van der Waals surface area contributed by atoms with Gasteiger partial charge >= 0.3 is 0 Å². The summed E-state index contributed by atoms with van der Waals surface area (Å²) in [7, 11) is 5.35. The van der Waals surface area contributed by atoms with Crippen LogP contribution >= 0.6 is 11.9 Å². The van der Waals surface area contributed by atoms with Crippen LogP contribution in [0.2, 0.25) is 0 Å². The highest BCUT2D eigenvalue weighted by Crippen LogP contribution is 2.34. The number of nitrogens with two attached hydrogens (primary N) is 1. The second kappa shape index (κ2) is 6.25. The molecule has 9 heteroatoms. The first kappa shape index (κ1) is 16.5. The van der Waals surface area contributed by atoms with Crippen LogP contribution in [-0.2, 0) is 0 Å². The molecule has 0 amide bonds. The van der Waals surface area contributed by atoms with Gasteiger partial charge < -0.3 is 10.5 Å². The Hall–Kier alpha value is -2.39. The highest BCUT2D eigenvalue weighted by molar-refractivity contribution is 7.97. The SMILES string of the molecule is COc1cc2ncc(-c3cc(F)c(N)nc3F)n2cc1SN(C)C. The van der Waals surface area contributed by atoms with Crippen molar-refractivity contribution in [1.82, 2.24) is 18.7 Å². The van der Waals surface area contributed by atoms with E-state index in [1.165, 1.54) is 18.1 Å². The van der Waals surface area contributed by atoms with E-state index in [1.54, 1.807) is 23.8 Å². The third-order valence-electron chi connectivity index (χ3n) is 3.31. The average molecular weight is 351 g/mol. The van der Waals surface area contributed by atoms with Gasteiger partial charge in [-0.3, -0.25) is 8.71 Å². The number of rotatable bonds is 4. The van der Waals surface area contributed by atoms with Crippen LogP contribution in [0.15, 0.2) is 29.4 Å². The molecular weight excluding hydrogens is 336 g/mol. The number of nitrogens with zero attached hydrogens (tertiary/aromatic N) is 4. The Morgan fingerprint density at radius 3 is 2.71 bits per heavy atom. The van der Waals surface area contributed by atoms with Crippen molar-refractivity contribution in [2.45, 2.75) is 4.90 Å². The van der Waals surface area contributed by atoms with Gasteiger partial charge in [0.15, 0.2) is 11.6 Å². The summed E-state index contributed by atoms with van der Waals surface area (Å²) in [5.41, 5.74) is 6.20. The summed E-state index contributed by atoms with van der Waals surface area (Å²) in [4.78, 5) is 8.43. The molecular formula is C15H15F2N5OS. The van der Waals surface area contributed by atoms with E-state index < -0.39 is 17.6 Å². The van der Waals surface area contributed by atoms with E-state index in [1.807, 2.05) is 18.4 Å². The topological polar surface area (TPSA) is 68.7 Å². The van der Waals surface area contributed by atoms with Gasteiger partial charge in [-0.25, -0.2) is 9.37 Å². The van der Waals surface area contributed by atoms with Crippen LogP contribution in [0.4, 0.5) is 14.6 Å². The number of fused-ring (bicyclic) bond motifs is 1. The van der Waals surface area contributed by atoms with Crippen molar-refractivity contribution in [2.75, 3.05) is 26.9 Å². The van der Waals surface area contributed by atoms with Crippen LogP contribution in [0.1, 0.15) is 0 Å². The van der Waals surface area contributed by atoms with Gasteiger partial charge in [-0.15, -0.1) is 0 Å². The van der Waals surface area contributed by atoms with E-state index in [0.717, 1.165) is 11.0 Å². The first-order valence-electron chi connectivity index (χ1n) is 6.93. The summed E-state index contributed by atoms with van der Waals surface area (Å²) >= 11 is 1.44. The average Bonchev–Trinajstić information content (AvgIpc) is 2.92. The normalized spacial score (nSPS) is 11.4. The van der Waals surface area contributed by atoms with Gasteiger partial charge in [-0.05, 0) is 32.1 Å². The lowest BCUT2D eigenvalue weighted by Gasteiger charge is -2.13. The molecule has 0 saturated heterocycles. The molecule has 0 spiro atoms. The van der Waals surface area contributed by atoms with Crippen LogP contribution in [-0.4, -0.2) is 39.9 Å². The number of methoxy groups -OCH3 is 1. The summed E-state index contributed by atoms with van der Waals surface area (Å²) in [6, 6.07) is 2.75. The fourth-order valence-electron chi connectivity index (χ4n) is 2.27. The van der Waals surface area contributed by atoms with Crippen LogP contribution < -0.4 is 10.5 Å². The second-order valence-corrected chi connectivity index (χ2v) is 6.53. The quantitative estimate of drug-likeness (QED) is 0.576. The molecule has 2 N–H and O–H groups in total. The van der Waals surface area contributed by atoms with Crippen molar-refractivity contribution in [1.29, 1.82) is 0 Å². The number of hydrogen-bond donors (Lipinski definition) is 1. The van der Waals surface area contributed by atoms with E-state index in [-0.39, 0.29) is 5.56 Å². The molecule has 3 aromatic rings. The molecule has 3 aromatic heterocycles. The Bertz CT molecular complexity index is 913. The maximum Gasteiger partial charge on any atom is 0.224 e. The first-order chi connectivity index (χ1) is 11.4. The molecule has 3 rings (SSSR count). The van der Waals surface area contributed by atoms with Crippen molar-refractivity contribution < 1.29 is 13.5 Å². The Balaban J connectivity index is 2.21. The van der Waals surface area contributed by atoms with Gasteiger partial charge in [0.25, 0.3) is 0 Å². The lowest BCUT2D eigenvalue weighted by Crippen LogP contribution is -2.03. The molecule has 0 aromatic carbocycles. The number of hydrogen-bond acceptors (Lipinski definition) is 6. The summed E-state index contributed by atoms with van der Waals surface area (Å²) in [5.74, 6) is -1.47. The van der Waals surface area contributed by atoms with Crippen molar-refractivity contribution in [3.63, 3.8) is 0 Å². The number of imidazole rings is 1. The van der Waals surface area contributed by atoms with Gasteiger partial charge in [-0.1, -0.05) is 0 Å². The summed E-state index contributed by atoms with van der Waals surface area (Å²) in [6.07, 6.45) is 3.21. The van der Waals surface area contributed by atoms with Crippen molar-refractivity contribution >= 4 is 23.4 Å². The predicted molar refractivity (Wildman–Crippen MR) is 88.8 cm³/mol. The van der Waals surface area contributed by atoms with Crippen molar-refractivity contribution in [2.24, 2.45) is 0 Å². The largest absolute Gasteiger partial charge is 0.495 e. The molecule has 6 nitrogen and oxygen atoms in total. The molecule has 0 atom stereocenters. The molecule has 0 radical (unpaired) electrons. The zero-order valence-corrected chi connectivity index (χ0v) is 14.1. The van der Waals surface area contributed by atoms with Gasteiger partial charge in [0.05, 0.1) is 29.5 Å². The molecule has 0 unspecified atom stereocenters. The molecule has 126 valence electrons. The number of aromatic nitrogens is 3. The molecule has 0 aliphatic rings. The van der Waals surface area contributed by atoms with E-state index in [0.29, 0.717) is 17.1 Å². The summed E-state index contributed by atoms with van der Waals surface area (Å²) < 4.78 is 36.8. The number of pyridine rings is 2. The molecule has 0 bridgehead atoms. The lowest BCUT2D eigenvalue weighted by atomic mass is 10.2. The van der Waals surface area contributed by atoms with Crippen LogP contribution in [0.3, 0.4) is 0 Å². The van der Waals surface area contributed by atoms with Gasteiger partial charge in [0.1, 0.15) is 11.4 Å². The lowest BCUT2D eigenvalue weighted by molar-refractivity contribution is 0.403. The molecule has 0 fully saturated rings. The maximum atomic E-state index is 14.1. The van der Waals surface area contributed by atoms with E-state index in [9.17, 15) is 8.78 Å².